The molecule has 1 atom stereocenters. The fourth-order valence-corrected chi connectivity index (χ4v) is 1.02. The molecule has 2 nitrogen and oxygen atoms in total. The van der Waals surface area contributed by atoms with E-state index in [9.17, 15) is 9.50 Å². The molecule has 0 aromatic heterocycles. The van der Waals surface area contributed by atoms with Crippen LogP contribution in [0.1, 0.15) is 11.7 Å². The fourth-order valence-electron chi connectivity index (χ4n) is 1.02. The van der Waals surface area contributed by atoms with Gasteiger partial charge in [0.2, 0.25) is 0 Å². The standard InChI is InChI=1S/C9H10FO2/c1-12-9(6-11)7-4-2-3-5-8(7)10/h2-5,9H,6H2,1H3. The van der Waals surface area contributed by atoms with Crippen LogP contribution in [-0.4, -0.2) is 13.7 Å². The Kier molecular flexibility index (Phi) is 3.19. The summed E-state index contributed by atoms with van der Waals surface area (Å²) in [5.74, 6) is -0.389. The maximum absolute atomic E-state index is 13.0. The third-order valence-electron chi connectivity index (χ3n) is 1.69. The van der Waals surface area contributed by atoms with E-state index in [0.29, 0.717) is 5.56 Å². The van der Waals surface area contributed by atoms with Crippen LogP contribution in [0.5, 0.6) is 0 Å². The summed E-state index contributed by atoms with van der Waals surface area (Å²) in [4.78, 5) is 0. The van der Waals surface area contributed by atoms with Crippen LogP contribution in [0.2, 0.25) is 0 Å². The Morgan fingerprint density at radius 1 is 1.50 bits per heavy atom. The van der Waals surface area contributed by atoms with E-state index in [2.05, 4.69) is 0 Å². The molecule has 1 rings (SSSR count). The fraction of sp³-hybridized carbons (Fsp3) is 0.333. The van der Waals surface area contributed by atoms with Crippen molar-refractivity contribution in [1.29, 1.82) is 0 Å². The normalized spacial score (nSPS) is 12.9. The average Bonchev–Trinajstić information content (AvgIpc) is 2.10. The molecule has 0 saturated heterocycles. The molecule has 1 aromatic rings. The molecule has 3 heteroatoms. The van der Waals surface area contributed by atoms with Crippen molar-refractivity contribution in [2.45, 2.75) is 6.10 Å². The first-order chi connectivity index (χ1) is 5.79. The number of ether oxygens (including phenoxy) is 1. The topological polar surface area (TPSA) is 29.1 Å². The minimum absolute atomic E-state index is 0.329. The van der Waals surface area contributed by atoms with Crippen molar-refractivity contribution in [2.75, 3.05) is 13.7 Å². The summed E-state index contributed by atoms with van der Waals surface area (Å²) >= 11 is 0. The zero-order valence-electron chi connectivity index (χ0n) is 6.79. The minimum atomic E-state index is -0.675. The molecule has 1 aromatic carbocycles. The van der Waals surface area contributed by atoms with Crippen molar-refractivity contribution >= 4 is 0 Å². The van der Waals surface area contributed by atoms with Gasteiger partial charge in [-0.25, -0.2) is 9.50 Å². The van der Waals surface area contributed by atoms with E-state index in [-0.39, 0.29) is 5.82 Å². The van der Waals surface area contributed by atoms with Crippen LogP contribution in [0, 0.1) is 5.82 Å². The van der Waals surface area contributed by atoms with E-state index in [1.165, 1.54) is 13.2 Å². The first kappa shape index (κ1) is 9.16. The summed E-state index contributed by atoms with van der Waals surface area (Å²) in [7, 11) is 1.40. The Labute approximate surface area is 70.6 Å². The monoisotopic (exact) mass is 169 g/mol. The molecule has 0 spiro atoms. The van der Waals surface area contributed by atoms with E-state index in [4.69, 9.17) is 4.74 Å². The highest BCUT2D eigenvalue weighted by atomic mass is 19.1. The molecular weight excluding hydrogens is 159 g/mol. The van der Waals surface area contributed by atoms with E-state index < -0.39 is 12.7 Å². The van der Waals surface area contributed by atoms with Gasteiger partial charge in [-0.15, -0.1) is 0 Å². The smallest absolute Gasteiger partial charge is 0.129 e. The maximum Gasteiger partial charge on any atom is 0.129 e. The first-order valence-electron chi connectivity index (χ1n) is 3.65. The predicted molar refractivity (Wildman–Crippen MR) is 41.7 cm³/mol. The second kappa shape index (κ2) is 4.18. The Bertz CT molecular complexity index is 246. The van der Waals surface area contributed by atoms with Gasteiger partial charge in [0.15, 0.2) is 0 Å². The molecule has 0 aliphatic heterocycles. The number of halogens is 1. The SMILES string of the molecule is COC(C[O])c1ccccc1F. The van der Waals surface area contributed by atoms with Gasteiger partial charge in [0.1, 0.15) is 18.5 Å². The van der Waals surface area contributed by atoms with E-state index in [1.54, 1.807) is 18.2 Å². The van der Waals surface area contributed by atoms with E-state index in [1.807, 2.05) is 0 Å². The molecule has 0 aliphatic carbocycles. The molecule has 0 saturated carbocycles. The minimum Gasteiger partial charge on any atom is -0.374 e. The Morgan fingerprint density at radius 2 is 2.17 bits per heavy atom. The van der Waals surface area contributed by atoms with Gasteiger partial charge in [-0.3, -0.25) is 0 Å². The Hall–Kier alpha value is -0.930. The molecule has 1 unspecified atom stereocenters. The summed E-state index contributed by atoms with van der Waals surface area (Å²) in [5, 5.41) is 10.5. The van der Waals surface area contributed by atoms with E-state index >= 15 is 0 Å². The third kappa shape index (κ3) is 1.81. The van der Waals surface area contributed by atoms with Crippen LogP contribution in [0.4, 0.5) is 4.39 Å². The first-order valence-corrected chi connectivity index (χ1v) is 3.65. The van der Waals surface area contributed by atoms with Crippen LogP contribution >= 0.6 is 0 Å². The van der Waals surface area contributed by atoms with Crippen LogP contribution in [0.3, 0.4) is 0 Å². The van der Waals surface area contributed by atoms with Gasteiger partial charge >= 0.3 is 0 Å². The maximum atomic E-state index is 13.0. The number of methoxy groups -OCH3 is 1. The Balaban J connectivity index is 2.92. The van der Waals surface area contributed by atoms with Crippen molar-refractivity contribution in [1.82, 2.24) is 0 Å². The summed E-state index contributed by atoms with van der Waals surface area (Å²) in [6.07, 6.45) is -0.675. The quantitative estimate of drug-likeness (QED) is 0.679. The second-order valence-electron chi connectivity index (χ2n) is 2.41. The average molecular weight is 169 g/mol. The van der Waals surface area contributed by atoms with Gasteiger partial charge in [0.05, 0.1) is 0 Å². The van der Waals surface area contributed by atoms with Crippen LogP contribution < -0.4 is 0 Å². The van der Waals surface area contributed by atoms with Crippen LogP contribution in [0.15, 0.2) is 24.3 Å². The summed E-state index contributed by atoms with van der Waals surface area (Å²) in [5.41, 5.74) is 0.329. The van der Waals surface area contributed by atoms with Gasteiger partial charge in [0, 0.05) is 12.7 Å². The zero-order valence-corrected chi connectivity index (χ0v) is 6.79. The van der Waals surface area contributed by atoms with E-state index in [0.717, 1.165) is 0 Å². The van der Waals surface area contributed by atoms with Crippen molar-refractivity contribution in [3.63, 3.8) is 0 Å². The highest BCUT2D eigenvalue weighted by Gasteiger charge is 2.13. The molecule has 65 valence electrons. The lowest BCUT2D eigenvalue weighted by atomic mass is 10.1. The van der Waals surface area contributed by atoms with Gasteiger partial charge in [-0.05, 0) is 6.07 Å². The molecule has 12 heavy (non-hydrogen) atoms. The number of hydrogen-bond acceptors (Lipinski definition) is 1. The number of benzene rings is 1. The number of rotatable bonds is 3. The van der Waals surface area contributed by atoms with Gasteiger partial charge in [0.25, 0.3) is 0 Å². The molecule has 0 N–H and O–H groups in total. The highest BCUT2D eigenvalue weighted by Crippen LogP contribution is 2.18. The Morgan fingerprint density at radius 3 is 2.67 bits per heavy atom. The molecule has 0 aliphatic rings. The van der Waals surface area contributed by atoms with Crippen molar-refractivity contribution in [2.24, 2.45) is 0 Å². The van der Waals surface area contributed by atoms with Gasteiger partial charge in [-0.2, -0.15) is 0 Å². The molecule has 0 amide bonds. The van der Waals surface area contributed by atoms with Crippen LogP contribution in [0.25, 0.3) is 0 Å². The lowest BCUT2D eigenvalue weighted by molar-refractivity contribution is 0.0173. The van der Waals surface area contributed by atoms with Gasteiger partial charge < -0.3 is 4.74 Å². The molecule has 1 radical (unpaired) electrons. The number of hydrogen-bond donors (Lipinski definition) is 0. The summed E-state index contributed by atoms with van der Waals surface area (Å²) < 4.78 is 17.8. The van der Waals surface area contributed by atoms with Gasteiger partial charge in [-0.1, -0.05) is 18.2 Å². The van der Waals surface area contributed by atoms with Crippen molar-refractivity contribution in [3.8, 4) is 0 Å². The third-order valence-corrected chi connectivity index (χ3v) is 1.69. The summed E-state index contributed by atoms with van der Waals surface area (Å²) in [6, 6.07) is 6.13. The molecule has 0 fully saturated rings. The molecule has 0 heterocycles. The zero-order chi connectivity index (χ0) is 8.97. The van der Waals surface area contributed by atoms with Crippen LogP contribution in [-0.2, 0) is 9.84 Å². The van der Waals surface area contributed by atoms with Crippen molar-refractivity contribution in [3.05, 3.63) is 35.6 Å². The lowest BCUT2D eigenvalue weighted by Gasteiger charge is -2.11. The van der Waals surface area contributed by atoms with Crippen molar-refractivity contribution < 1.29 is 14.2 Å². The molecule has 0 bridgehead atoms. The predicted octanol–water partition coefficient (Wildman–Crippen LogP) is 1.94. The molecular formula is C9H10FO2. The largest absolute Gasteiger partial charge is 0.374 e. The second-order valence-corrected chi connectivity index (χ2v) is 2.41. The highest BCUT2D eigenvalue weighted by molar-refractivity contribution is 5.19. The summed E-state index contributed by atoms with van der Waals surface area (Å²) in [6.45, 7) is -0.461. The lowest BCUT2D eigenvalue weighted by Crippen LogP contribution is -2.07.